The second-order valence-corrected chi connectivity index (χ2v) is 8.42. The summed E-state index contributed by atoms with van der Waals surface area (Å²) < 4.78 is 20.3. The number of thioether (sulfide) groups is 2. The predicted octanol–water partition coefficient (Wildman–Crippen LogP) is 0.413. The SMILES string of the molecule is CC(=O)OC[C@H]1S[C@@H](SC(=N)N)[C@H](OC(C)=O)[C@@H](OC(C)=O)[C@@H]1OC(C)=O. The van der Waals surface area contributed by atoms with E-state index in [1.807, 2.05) is 0 Å². The molecule has 0 spiro atoms. The summed E-state index contributed by atoms with van der Waals surface area (Å²) in [6, 6.07) is 0. The molecule has 0 aliphatic carbocycles. The minimum Gasteiger partial charge on any atom is -0.465 e. The molecule has 0 saturated carbocycles. The minimum absolute atomic E-state index is 0.141. The van der Waals surface area contributed by atoms with Crippen LogP contribution in [-0.2, 0) is 38.1 Å². The van der Waals surface area contributed by atoms with Crippen LogP contribution in [0.1, 0.15) is 27.7 Å². The van der Waals surface area contributed by atoms with Crippen LogP contribution in [-0.4, -0.2) is 63.8 Å². The maximum absolute atomic E-state index is 11.6. The van der Waals surface area contributed by atoms with Crippen LogP contribution < -0.4 is 5.73 Å². The number of nitrogens with two attached hydrogens (primary N) is 1. The Bertz CT molecular complexity index is 615. The van der Waals surface area contributed by atoms with Gasteiger partial charge in [0.2, 0.25) is 0 Å². The van der Waals surface area contributed by atoms with Gasteiger partial charge in [-0.3, -0.25) is 24.6 Å². The van der Waals surface area contributed by atoms with E-state index in [-0.39, 0.29) is 11.8 Å². The predicted molar refractivity (Wildman–Crippen MR) is 98.0 cm³/mol. The first-order chi connectivity index (χ1) is 12.5. The summed E-state index contributed by atoms with van der Waals surface area (Å²) in [4.78, 5) is 45.9. The van der Waals surface area contributed by atoms with E-state index in [0.29, 0.717) is 0 Å². The normalized spacial score (nSPS) is 27.2. The van der Waals surface area contributed by atoms with Gasteiger partial charge in [-0.15, -0.1) is 11.8 Å². The third-order valence-electron chi connectivity index (χ3n) is 3.19. The van der Waals surface area contributed by atoms with Gasteiger partial charge < -0.3 is 24.7 Å². The molecule has 0 aromatic carbocycles. The van der Waals surface area contributed by atoms with Crippen molar-refractivity contribution in [1.82, 2.24) is 0 Å². The number of esters is 4. The number of hydrogen-bond acceptors (Lipinski definition) is 11. The van der Waals surface area contributed by atoms with Crippen molar-refractivity contribution in [3.63, 3.8) is 0 Å². The van der Waals surface area contributed by atoms with E-state index < -0.39 is 52.0 Å². The molecule has 0 aromatic rings. The summed E-state index contributed by atoms with van der Waals surface area (Å²) in [7, 11) is 0. The van der Waals surface area contributed by atoms with Gasteiger partial charge in [-0.1, -0.05) is 11.8 Å². The van der Waals surface area contributed by atoms with Crippen LogP contribution in [0, 0.1) is 5.41 Å². The van der Waals surface area contributed by atoms with E-state index in [2.05, 4.69) is 0 Å². The summed E-state index contributed by atoms with van der Waals surface area (Å²) >= 11 is 2.04. The zero-order valence-electron chi connectivity index (χ0n) is 15.3. The van der Waals surface area contributed by atoms with E-state index in [0.717, 1.165) is 30.4 Å². The van der Waals surface area contributed by atoms with E-state index in [9.17, 15) is 19.2 Å². The Morgan fingerprint density at radius 1 is 0.889 bits per heavy atom. The molecular formula is C15H22N2O8S2. The number of carbonyl (C=O) groups is 4. The molecule has 1 saturated heterocycles. The van der Waals surface area contributed by atoms with E-state index in [1.54, 1.807) is 0 Å². The molecule has 1 aliphatic rings. The van der Waals surface area contributed by atoms with Gasteiger partial charge in [-0.2, -0.15) is 0 Å². The summed E-state index contributed by atoms with van der Waals surface area (Å²) in [5, 5.41) is 6.64. The largest absolute Gasteiger partial charge is 0.465 e. The fourth-order valence-corrected chi connectivity index (χ4v) is 5.19. The molecule has 0 radical (unpaired) electrons. The van der Waals surface area contributed by atoms with Crippen LogP contribution in [0.15, 0.2) is 0 Å². The Morgan fingerprint density at radius 2 is 1.37 bits per heavy atom. The zero-order valence-corrected chi connectivity index (χ0v) is 16.9. The highest BCUT2D eigenvalue weighted by Gasteiger charge is 2.52. The zero-order chi connectivity index (χ0) is 20.7. The first kappa shape index (κ1) is 23.1. The number of nitrogens with one attached hydrogen (secondary N) is 1. The highest BCUT2D eigenvalue weighted by atomic mass is 32.2. The van der Waals surface area contributed by atoms with Crippen LogP contribution in [0.3, 0.4) is 0 Å². The van der Waals surface area contributed by atoms with E-state index in [1.165, 1.54) is 20.8 Å². The molecule has 5 atom stereocenters. The number of hydrogen-bond donors (Lipinski definition) is 2. The van der Waals surface area contributed by atoms with Gasteiger partial charge in [-0.25, -0.2) is 0 Å². The van der Waals surface area contributed by atoms with Gasteiger partial charge in [0.25, 0.3) is 0 Å². The first-order valence-corrected chi connectivity index (χ1v) is 9.64. The molecule has 0 aromatic heterocycles. The van der Waals surface area contributed by atoms with Gasteiger partial charge in [0.15, 0.2) is 23.5 Å². The van der Waals surface area contributed by atoms with Crippen molar-refractivity contribution in [3.05, 3.63) is 0 Å². The van der Waals surface area contributed by atoms with Gasteiger partial charge in [0, 0.05) is 27.7 Å². The Kier molecular flexibility index (Phi) is 8.89. The lowest BCUT2D eigenvalue weighted by atomic mass is 10.0. The molecule has 1 aliphatic heterocycles. The van der Waals surface area contributed by atoms with Gasteiger partial charge in [0.05, 0.1) is 9.83 Å². The molecule has 1 fully saturated rings. The molecule has 3 N–H and O–H groups in total. The third-order valence-corrected chi connectivity index (χ3v) is 5.86. The molecule has 27 heavy (non-hydrogen) atoms. The number of carbonyl (C=O) groups excluding carboxylic acids is 4. The standard InChI is InChI=1S/C15H22N2O8S2/c1-6(18)22-5-10-11(23-7(2)19)12(24-8(3)20)13(25-9(4)21)14(26-10)27-15(16)17/h10-14H,5H2,1-4H3,(H3,16,17)/t10-,11-,12+,13-,14+/m1/s1. The smallest absolute Gasteiger partial charge is 0.303 e. The molecule has 0 amide bonds. The third kappa shape index (κ3) is 7.67. The van der Waals surface area contributed by atoms with Crippen molar-refractivity contribution in [2.24, 2.45) is 5.73 Å². The maximum atomic E-state index is 11.6. The van der Waals surface area contributed by atoms with Gasteiger partial charge in [0.1, 0.15) is 6.61 Å². The molecule has 1 heterocycles. The number of rotatable bonds is 6. The fourth-order valence-electron chi connectivity index (χ4n) is 2.41. The molecule has 12 heteroatoms. The van der Waals surface area contributed by atoms with Crippen LogP contribution >= 0.6 is 23.5 Å². The Labute approximate surface area is 164 Å². The highest BCUT2D eigenvalue weighted by Crippen LogP contribution is 2.42. The lowest BCUT2D eigenvalue weighted by Crippen LogP contribution is -2.58. The van der Waals surface area contributed by atoms with Crippen molar-refractivity contribution < 1.29 is 38.1 Å². The monoisotopic (exact) mass is 422 g/mol. The highest BCUT2D eigenvalue weighted by molar-refractivity contribution is 8.25. The van der Waals surface area contributed by atoms with Crippen LogP contribution in [0.5, 0.6) is 0 Å². The second kappa shape index (κ2) is 10.4. The van der Waals surface area contributed by atoms with Gasteiger partial charge in [-0.05, 0) is 0 Å². The molecule has 0 unspecified atom stereocenters. The Balaban J connectivity index is 3.29. The van der Waals surface area contributed by atoms with Crippen molar-refractivity contribution in [3.8, 4) is 0 Å². The number of amidine groups is 1. The van der Waals surface area contributed by atoms with Crippen molar-refractivity contribution in [1.29, 1.82) is 5.41 Å². The Morgan fingerprint density at radius 3 is 1.81 bits per heavy atom. The topological polar surface area (TPSA) is 155 Å². The van der Waals surface area contributed by atoms with Crippen molar-refractivity contribution >= 4 is 52.6 Å². The van der Waals surface area contributed by atoms with Crippen molar-refractivity contribution in [2.75, 3.05) is 6.61 Å². The van der Waals surface area contributed by atoms with Crippen LogP contribution in [0.4, 0.5) is 0 Å². The van der Waals surface area contributed by atoms with Crippen LogP contribution in [0.25, 0.3) is 0 Å². The number of ether oxygens (including phenoxy) is 4. The maximum Gasteiger partial charge on any atom is 0.303 e. The molecular weight excluding hydrogens is 400 g/mol. The summed E-state index contributed by atoms with van der Waals surface area (Å²) in [5.41, 5.74) is 5.46. The van der Waals surface area contributed by atoms with Crippen molar-refractivity contribution in [2.45, 2.75) is 55.8 Å². The lowest BCUT2D eigenvalue weighted by Gasteiger charge is -2.43. The average Bonchev–Trinajstić information content (AvgIpc) is 2.49. The molecule has 0 bridgehead atoms. The van der Waals surface area contributed by atoms with E-state index in [4.69, 9.17) is 30.1 Å². The quantitative estimate of drug-likeness (QED) is 0.264. The summed E-state index contributed by atoms with van der Waals surface area (Å²) in [5.74, 6) is -2.52. The van der Waals surface area contributed by atoms with Gasteiger partial charge >= 0.3 is 23.9 Å². The van der Waals surface area contributed by atoms with E-state index >= 15 is 0 Å². The molecule has 152 valence electrons. The lowest BCUT2D eigenvalue weighted by molar-refractivity contribution is -0.183. The summed E-state index contributed by atoms with van der Waals surface area (Å²) in [6.07, 6.45) is -3.24. The average molecular weight is 422 g/mol. The molecule has 10 nitrogen and oxygen atoms in total. The fraction of sp³-hybridized carbons (Fsp3) is 0.667. The first-order valence-electron chi connectivity index (χ1n) is 7.82. The Hall–Kier alpha value is -1.95. The molecule has 1 rings (SSSR count). The van der Waals surface area contributed by atoms with Crippen LogP contribution in [0.2, 0.25) is 0 Å². The second-order valence-electron chi connectivity index (χ2n) is 5.55. The minimum atomic E-state index is -1.16. The summed E-state index contributed by atoms with van der Waals surface area (Å²) in [6.45, 7) is 4.59.